The van der Waals surface area contributed by atoms with Gasteiger partial charge in [-0.25, -0.2) is 8.42 Å². The summed E-state index contributed by atoms with van der Waals surface area (Å²) >= 11 is 3.54. The van der Waals surface area contributed by atoms with Crippen molar-refractivity contribution in [1.29, 1.82) is 0 Å². The maximum atomic E-state index is 11.8. The van der Waals surface area contributed by atoms with Crippen LogP contribution >= 0.6 is 15.9 Å². The molecule has 0 saturated carbocycles. The summed E-state index contributed by atoms with van der Waals surface area (Å²) in [7, 11) is -3.12. The Morgan fingerprint density at radius 2 is 1.76 bits per heavy atom. The van der Waals surface area contributed by atoms with Crippen LogP contribution < -0.4 is 0 Å². The molecule has 0 spiro atoms. The van der Waals surface area contributed by atoms with E-state index in [1.165, 1.54) is 11.8 Å². The number of benzene rings is 1. The third kappa shape index (κ3) is 2.91. The molecule has 17 heavy (non-hydrogen) atoms. The van der Waals surface area contributed by atoms with Gasteiger partial charge < -0.3 is 0 Å². The maximum Gasteiger partial charge on any atom is 0.154 e. The predicted molar refractivity (Wildman–Crippen MR) is 76.5 cm³/mol. The van der Waals surface area contributed by atoms with Crippen LogP contribution in [0, 0.1) is 13.8 Å². The third-order valence-corrected chi connectivity index (χ3v) is 7.35. The number of halogens is 1. The van der Waals surface area contributed by atoms with Crippen molar-refractivity contribution in [3.63, 3.8) is 0 Å². The molecule has 2 nitrogen and oxygen atoms in total. The van der Waals surface area contributed by atoms with Crippen molar-refractivity contribution in [3.05, 3.63) is 34.9 Å². The largest absolute Gasteiger partial charge is 0.229 e. The van der Waals surface area contributed by atoms with Crippen LogP contribution in [0.1, 0.15) is 35.4 Å². The lowest BCUT2D eigenvalue weighted by molar-refractivity contribution is 0.548. The minimum absolute atomic E-state index is 0.203. The van der Waals surface area contributed by atoms with E-state index in [4.69, 9.17) is 0 Å². The molecule has 0 aromatic heterocycles. The Kier molecular flexibility index (Phi) is 4.09. The molecule has 0 aliphatic rings. The first kappa shape index (κ1) is 14.7. The van der Waals surface area contributed by atoms with E-state index in [0.717, 1.165) is 11.1 Å². The fourth-order valence-corrected chi connectivity index (χ4v) is 3.71. The van der Waals surface area contributed by atoms with Gasteiger partial charge >= 0.3 is 0 Å². The molecule has 0 amide bonds. The Bertz CT molecular complexity index is 518. The minimum Gasteiger partial charge on any atom is -0.229 e. The fourth-order valence-electron chi connectivity index (χ4n) is 1.67. The van der Waals surface area contributed by atoms with Crippen LogP contribution in [0.5, 0.6) is 0 Å². The molecule has 0 radical (unpaired) electrons. The fraction of sp³-hybridized carbons (Fsp3) is 0.538. The normalized spacial score (nSPS) is 14.7. The number of alkyl halides is 1. The van der Waals surface area contributed by atoms with Gasteiger partial charge in [-0.15, -0.1) is 0 Å². The van der Waals surface area contributed by atoms with Gasteiger partial charge in [-0.3, -0.25) is 0 Å². The van der Waals surface area contributed by atoms with Crippen molar-refractivity contribution in [2.24, 2.45) is 0 Å². The number of hydrogen-bond donors (Lipinski definition) is 0. The van der Waals surface area contributed by atoms with Gasteiger partial charge in [0.15, 0.2) is 9.84 Å². The van der Waals surface area contributed by atoms with Gasteiger partial charge in [0.05, 0.1) is 9.57 Å². The molecule has 1 atom stereocenters. The highest BCUT2D eigenvalue weighted by molar-refractivity contribution is 9.09. The van der Waals surface area contributed by atoms with Crippen LogP contribution in [0.3, 0.4) is 0 Å². The second kappa shape index (κ2) is 4.73. The summed E-state index contributed by atoms with van der Waals surface area (Å²) < 4.78 is 22.8. The second-order valence-corrected chi connectivity index (χ2v) is 8.61. The van der Waals surface area contributed by atoms with Crippen molar-refractivity contribution in [2.75, 3.05) is 6.26 Å². The molecule has 0 heterocycles. The van der Waals surface area contributed by atoms with Crippen molar-refractivity contribution < 1.29 is 8.42 Å². The molecule has 0 aliphatic heterocycles. The topological polar surface area (TPSA) is 34.1 Å². The Hall–Kier alpha value is -0.350. The van der Waals surface area contributed by atoms with E-state index in [1.807, 2.05) is 26.0 Å². The molecule has 1 rings (SSSR count). The van der Waals surface area contributed by atoms with E-state index < -0.39 is 14.6 Å². The van der Waals surface area contributed by atoms with E-state index >= 15 is 0 Å². The Labute approximate surface area is 112 Å². The number of rotatable bonds is 3. The number of sulfone groups is 1. The summed E-state index contributed by atoms with van der Waals surface area (Å²) in [4.78, 5) is -0.203. The molecule has 0 aliphatic carbocycles. The highest BCUT2D eigenvalue weighted by atomic mass is 79.9. The summed E-state index contributed by atoms with van der Waals surface area (Å²) in [6.07, 6.45) is 1.28. The second-order valence-electron chi connectivity index (χ2n) is 5.10. The first-order chi connectivity index (χ1) is 7.57. The smallest absolute Gasteiger partial charge is 0.154 e. The van der Waals surface area contributed by atoms with Crippen molar-refractivity contribution in [1.82, 2.24) is 0 Å². The Morgan fingerprint density at radius 3 is 2.18 bits per heavy atom. The molecule has 0 bridgehead atoms. The van der Waals surface area contributed by atoms with Gasteiger partial charge in [0, 0.05) is 6.26 Å². The highest BCUT2D eigenvalue weighted by Crippen LogP contribution is 2.40. The number of hydrogen-bond acceptors (Lipinski definition) is 2. The van der Waals surface area contributed by atoms with Crippen molar-refractivity contribution in [3.8, 4) is 0 Å². The number of aryl methyl sites for hydroxylation is 2. The van der Waals surface area contributed by atoms with Crippen LogP contribution in [0.15, 0.2) is 18.2 Å². The molecule has 1 aromatic rings. The zero-order valence-corrected chi connectivity index (χ0v) is 13.3. The summed E-state index contributed by atoms with van der Waals surface area (Å²) in [6.45, 7) is 7.54. The lowest BCUT2D eigenvalue weighted by atomic mass is 9.96. The molecule has 96 valence electrons. The van der Waals surface area contributed by atoms with Crippen LogP contribution in [0.4, 0.5) is 0 Å². The first-order valence-electron chi connectivity index (χ1n) is 5.48. The molecule has 0 saturated heterocycles. The quantitative estimate of drug-likeness (QED) is 0.798. The van der Waals surface area contributed by atoms with Crippen molar-refractivity contribution >= 4 is 25.8 Å². The molecule has 4 heteroatoms. The van der Waals surface area contributed by atoms with Gasteiger partial charge in [0.25, 0.3) is 0 Å². The molecule has 1 aromatic carbocycles. The van der Waals surface area contributed by atoms with E-state index in [0.29, 0.717) is 0 Å². The molecular weight excluding hydrogens is 300 g/mol. The SMILES string of the molecule is Cc1ccc(C(Br)C(C)(C)S(C)(=O)=O)c(C)c1. The van der Waals surface area contributed by atoms with Gasteiger partial charge in [-0.2, -0.15) is 0 Å². The van der Waals surface area contributed by atoms with Crippen LogP contribution in [0.25, 0.3) is 0 Å². The van der Waals surface area contributed by atoms with E-state index in [2.05, 4.69) is 22.0 Å². The summed E-state index contributed by atoms with van der Waals surface area (Å²) in [5.41, 5.74) is 3.33. The van der Waals surface area contributed by atoms with Gasteiger partial charge in [-0.05, 0) is 38.8 Å². The zero-order valence-electron chi connectivity index (χ0n) is 10.9. The average Bonchev–Trinajstić information content (AvgIpc) is 2.14. The predicted octanol–water partition coefficient (Wildman–Crippen LogP) is 3.56. The monoisotopic (exact) mass is 318 g/mol. The zero-order chi connectivity index (χ0) is 13.4. The third-order valence-electron chi connectivity index (χ3n) is 3.26. The first-order valence-corrected chi connectivity index (χ1v) is 8.29. The maximum absolute atomic E-state index is 11.8. The van der Waals surface area contributed by atoms with E-state index in [-0.39, 0.29) is 4.83 Å². The molecule has 0 fully saturated rings. The van der Waals surface area contributed by atoms with Crippen LogP contribution in [-0.4, -0.2) is 19.4 Å². The molecule has 0 N–H and O–H groups in total. The van der Waals surface area contributed by atoms with E-state index in [9.17, 15) is 8.42 Å². The summed E-state index contributed by atoms with van der Waals surface area (Å²) in [5, 5.41) is 0. The minimum atomic E-state index is -3.12. The van der Waals surface area contributed by atoms with E-state index in [1.54, 1.807) is 13.8 Å². The van der Waals surface area contributed by atoms with Crippen LogP contribution in [0.2, 0.25) is 0 Å². The Balaban J connectivity index is 3.26. The lowest BCUT2D eigenvalue weighted by Gasteiger charge is -2.29. The molecular formula is C13H19BrO2S. The van der Waals surface area contributed by atoms with Gasteiger partial charge in [-0.1, -0.05) is 39.7 Å². The average molecular weight is 319 g/mol. The lowest BCUT2D eigenvalue weighted by Crippen LogP contribution is -2.35. The molecule has 1 unspecified atom stereocenters. The van der Waals surface area contributed by atoms with Crippen molar-refractivity contribution in [2.45, 2.75) is 37.3 Å². The summed E-state index contributed by atoms with van der Waals surface area (Å²) in [6, 6.07) is 6.08. The Morgan fingerprint density at radius 1 is 1.24 bits per heavy atom. The standard InChI is InChI=1S/C13H19BrO2S/c1-9-6-7-11(10(2)8-9)12(14)13(3,4)17(5,15)16/h6-8,12H,1-5H3. The van der Waals surface area contributed by atoms with Gasteiger partial charge in [0.2, 0.25) is 0 Å². The summed E-state index contributed by atoms with van der Waals surface area (Å²) in [5.74, 6) is 0. The van der Waals surface area contributed by atoms with Gasteiger partial charge in [0.1, 0.15) is 0 Å². The highest BCUT2D eigenvalue weighted by Gasteiger charge is 2.38. The van der Waals surface area contributed by atoms with Crippen LogP contribution in [-0.2, 0) is 9.84 Å².